The molecule has 0 heterocycles. The largest absolute Gasteiger partial charge is 0.481 e. The summed E-state index contributed by atoms with van der Waals surface area (Å²) in [7, 11) is 0. The second kappa shape index (κ2) is 5.71. The van der Waals surface area contributed by atoms with Crippen LogP contribution in [0, 0.1) is 11.8 Å². The van der Waals surface area contributed by atoms with Crippen molar-refractivity contribution in [2.45, 2.75) is 44.8 Å². The van der Waals surface area contributed by atoms with E-state index in [1.165, 1.54) is 0 Å². The van der Waals surface area contributed by atoms with Gasteiger partial charge in [-0.05, 0) is 18.8 Å². The van der Waals surface area contributed by atoms with Gasteiger partial charge in [0.25, 0.3) is 0 Å². The highest BCUT2D eigenvalue weighted by Crippen LogP contribution is 2.27. The van der Waals surface area contributed by atoms with E-state index in [1.54, 1.807) is 0 Å². The maximum Gasteiger partial charge on any atom is 0.403 e. The van der Waals surface area contributed by atoms with Crippen LogP contribution in [0.2, 0.25) is 0 Å². The smallest absolute Gasteiger partial charge is 0.403 e. The molecule has 1 fully saturated rings. The number of rotatable bonds is 4. The Morgan fingerprint density at radius 1 is 1.47 bits per heavy atom. The van der Waals surface area contributed by atoms with Crippen LogP contribution in [0.25, 0.3) is 0 Å². The molecule has 0 saturated heterocycles. The van der Waals surface area contributed by atoms with Crippen molar-refractivity contribution in [1.82, 2.24) is 5.32 Å². The summed E-state index contributed by atoms with van der Waals surface area (Å²) in [6.45, 7) is 1.53. The molecule has 1 aliphatic rings. The summed E-state index contributed by atoms with van der Waals surface area (Å²) in [6, 6.07) is 0.0166. The Morgan fingerprint density at radius 2 is 2.12 bits per heavy atom. The minimum atomic E-state index is -4.68. The van der Waals surface area contributed by atoms with Gasteiger partial charge in [-0.25, -0.2) is 0 Å². The van der Waals surface area contributed by atoms with E-state index in [1.807, 2.05) is 0 Å². The average Bonchev–Trinajstić information content (AvgIpc) is 2.15. The van der Waals surface area contributed by atoms with Gasteiger partial charge in [0.05, 0.1) is 0 Å². The molecule has 6 heteroatoms. The lowest BCUT2D eigenvalue weighted by Crippen LogP contribution is -2.43. The van der Waals surface area contributed by atoms with E-state index >= 15 is 0 Å². The molecule has 1 saturated carbocycles. The van der Waals surface area contributed by atoms with Crippen molar-refractivity contribution in [1.29, 1.82) is 0 Å². The molecule has 1 aliphatic carbocycles. The van der Waals surface area contributed by atoms with Crippen LogP contribution in [-0.4, -0.2) is 29.8 Å². The lowest BCUT2D eigenvalue weighted by atomic mass is 9.87. The Labute approximate surface area is 98.4 Å². The average molecular weight is 253 g/mol. The lowest BCUT2D eigenvalue weighted by molar-refractivity contribution is -0.192. The van der Waals surface area contributed by atoms with Crippen LogP contribution in [0.1, 0.15) is 32.6 Å². The standard InChI is InChI=1S/C11H18F3NO2/c1-7-3-2-4-8(5-7)15-6-9(10(16)17)11(12,13)14/h7-9,15H,2-6H2,1H3,(H,16,17). The zero-order chi connectivity index (χ0) is 13.1. The van der Waals surface area contributed by atoms with Crippen LogP contribution < -0.4 is 5.32 Å². The summed E-state index contributed by atoms with van der Waals surface area (Å²) in [5.41, 5.74) is 0. The fraction of sp³-hybridized carbons (Fsp3) is 0.909. The maximum absolute atomic E-state index is 12.4. The van der Waals surface area contributed by atoms with Crippen molar-refractivity contribution in [3.63, 3.8) is 0 Å². The normalized spacial score (nSPS) is 27.8. The van der Waals surface area contributed by atoms with Crippen molar-refractivity contribution in [3.05, 3.63) is 0 Å². The number of carboxylic acids is 1. The van der Waals surface area contributed by atoms with Crippen molar-refractivity contribution in [2.24, 2.45) is 11.8 Å². The number of alkyl halides is 3. The minimum absolute atomic E-state index is 0.0166. The summed E-state index contributed by atoms with van der Waals surface area (Å²) in [4.78, 5) is 10.5. The van der Waals surface area contributed by atoms with Gasteiger partial charge in [-0.1, -0.05) is 19.8 Å². The van der Waals surface area contributed by atoms with E-state index in [4.69, 9.17) is 5.11 Å². The molecule has 0 aromatic carbocycles. The molecule has 17 heavy (non-hydrogen) atoms. The van der Waals surface area contributed by atoms with Gasteiger partial charge in [0.2, 0.25) is 0 Å². The molecule has 3 unspecified atom stereocenters. The topological polar surface area (TPSA) is 49.3 Å². The number of carbonyl (C=O) groups is 1. The molecule has 1 rings (SSSR count). The van der Waals surface area contributed by atoms with Gasteiger partial charge < -0.3 is 10.4 Å². The van der Waals surface area contributed by atoms with Gasteiger partial charge in [-0.2, -0.15) is 13.2 Å². The van der Waals surface area contributed by atoms with E-state index in [9.17, 15) is 18.0 Å². The van der Waals surface area contributed by atoms with E-state index < -0.39 is 24.6 Å². The third-order valence-corrected chi connectivity index (χ3v) is 3.24. The quantitative estimate of drug-likeness (QED) is 0.809. The van der Waals surface area contributed by atoms with Crippen LogP contribution in [0.4, 0.5) is 13.2 Å². The predicted molar refractivity (Wildman–Crippen MR) is 56.6 cm³/mol. The van der Waals surface area contributed by atoms with Crippen LogP contribution in [-0.2, 0) is 4.79 Å². The van der Waals surface area contributed by atoms with E-state index in [2.05, 4.69) is 12.2 Å². The molecule has 3 nitrogen and oxygen atoms in total. The Balaban J connectivity index is 2.44. The lowest BCUT2D eigenvalue weighted by Gasteiger charge is -2.29. The summed E-state index contributed by atoms with van der Waals surface area (Å²) in [6.07, 6.45) is -0.944. The Hall–Kier alpha value is -0.780. The highest BCUT2D eigenvalue weighted by atomic mass is 19.4. The van der Waals surface area contributed by atoms with Gasteiger partial charge in [0.15, 0.2) is 5.92 Å². The maximum atomic E-state index is 12.4. The van der Waals surface area contributed by atoms with Crippen LogP contribution in [0.15, 0.2) is 0 Å². The number of nitrogens with one attached hydrogen (secondary N) is 1. The van der Waals surface area contributed by atoms with Gasteiger partial charge >= 0.3 is 12.1 Å². The SMILES string of the molecule is CC1CCCC(NCC(C(=O)O)C(F)(F)F)C1. The van der Waals surface area contributed by atoms with Crippen molar-refractivity contribution < 1.29 is 23.1 Å². The highest BCUT2D eigenvalue weighted by Gasteiger charge is 2.45. The summed E-state index contributed by atoms with van der Waals surface area (Å²) in [5.74, 6) is -3.62. The summed E-state index contributed by atoms with van der Waals surface area (Å²) in [5, 5.41) is 11.3. The molecule has 0 amide bonds. The number of hydrogen-bond acceptors (Lipinski definition) is 2. The molecule has 0 aromatic heterocycles. The summed E-state index contributed by atoms with van der Waals surface area (Å²) >= 11 is 0. The highest BCUT2D eigenvalue weighted by molar-refractivity contribution is 5.71. The molecular formula is C11H18F3NO2. The first-order chi connectivity index (χ1) is 7.80. The number of halogens is 3. The Kier molecular flexibility index (Phi) is 4.80. The second-order valence-corrected chi connectivity index (χ2v) is 4.81. The van der Waals surface area contributed by atoms with Gasteiger partial charge in [-0.3, -0.25) is 4.79 Å². The molecule has 2 N–H and O–H groups in total. The van der Waals surface area contributed by atoms with Gasteiger partial charge in [0, 0.05) is 12.6 Å². The molecule has 0 aliphatic heterocycles. The fourth-order valence-electron chi connectivity index (χ4n) is 2.25. The minimum Gasteiger partial charge on any atom is -0.481 e. The zero-order valence-corrected chi connectivity index (χ0v) is 9.76. The van der Waals surface area contributed by atoms with E-state index in [0.717, 1.165) is 25.7 Å². The van der Waals surface area contributed by atoms with Gasteiger partial charge in [0.1, 0.15) is 0 Å². The molecule has 3 atom stereocenters. The molecule has 0 radical (unpaired) electrons. The third kappa shape index (κ3) is 4.53. The van der Waals surface area contributed by atoms with Crippen molar-refractivity contribution >= 4 is 5.97 Å². The monoisotopic (exact) mass is 253 g/mol. The molecule has 0 bridgehead atoms. The van der Waals surface area contributed by atoms with E-state index in [0.29, 0.717) is 5.92 Å². The third-order valence-electron chi connectivity index (χ3n) is 3.24. The van der Waals surface area contributed by atoms with Crippen molar-refractivity contribution in [3.8, 4) is 0 Å². The van der Waals surface area contributed by atoms with Crippen LogP contribution >= 0.6 is 0 Å². The second-order valence-electron chi connectivity index (χ2n) is 4.81. The zero-order valence-electron chi connectivity index (χ0n) is 9.76. The molecule has 100 valence electrons. The van der Waals surface area contributed by atoms with E-state index in [-0.39, 0.29) is 6.04 Å². The number of hydrogen-bond donors (Lipinski definition) is 2. The molecule has 0 spiro atoms. The Bertz CT molecular complexity index is 268. The van der Waals surface area contributed by atoms with Crippen LogP contribution in [0.5, 0.6) is 0 Å². The first-order valence-corrected chi connectivity index (χ1v) is 5.83. The first kappa shape index (κ1) is 14.3. The first-order valence-electron chi connectivity index (χ1n) is 5.83. The Morgan fingerprint density at radius 3 is 2.59 bits per heavy atom. The predicted octanol–water partition coefficient (Wildman–Crippen LogP) is 2.42. The number of aliphatic carboxylic acids is 1. The summed E-state index contributed by atoms with van der Waals surface area (Å²) < 4.78 is 37.1. The number of carboxylic acid groups (broad SMARTS) is 1. The molecular weight excluding hydrogens is 235 g/mol. The molecule has 0 aromatic rings. The fourth-order valence-corrected chi connectivity index (χ4v) is 2.25. The van der Waals surface area contributed by atoms with Gasteiger partial charge in [-0.15, -0.1) is 0 Å². The van der Waals surface area contributed by atoms with Crippen molar-refractivity contribution in [2.75, 3.05) is 6.54 Å². The van der Waals surface area contributed by atoms with Crippen LogP contribution in [0.3, 0.4) is 0 Å².